The maximum atomic E-state index is 13.9. The van der Waals surface area contributed by atoms with Crippen molar-refractivity contribution in [1.29, 1.82) is 0 Å². The van der Waals surface area contributed by atoms with Crippen LogP contribution in [0, 0.1) is 124 Å². The minimum absolute atomic E-state index is 0.0542. The zero-order valence-electron chi connectivity index (χ0n) is 44.3. The van der Waals surface area contributed by atoms with E-state index in [1.165, 1.54) is 19.8 Å². The van der Waals surface area contributed by atoms with E-state index in [0.717, 1.165) is 63.2 Å². The summed E-state index contributed by atoms with van der Waals surface area (Å²) in [6.45, 7) is 11.0. The molecule has 434 valence electrons. The number of halogens is 12. The highest BCUT2D eigenvalue weighted by atomic mass is 19.4. The molecule has 0 radical (unpaired) electrons. The van der Waals surface area contributed by atoms with Crippen LogP contribution in [0.25, 0.3) is 0 Å². The summed E-state index contributed by atoms with van der Waals surface area (Å²) in [7, 11) is 0. The van der Waals surface area contributed by atoms with Gasteiger partial charge in [0.1, 0.15) is 11.2 Å². The Bertz CT molecular complexity index is 2090. The van der Waals surface area contributed by atoms with Crippen LogP contribution in [0.15, 0.2) is 0 Å². The summed E-state index contributed by atoms with van der Waals surface area (Å²) in [6.07, 6.45) is -13.3. The molecule has 8 nitrogen and oxygen atoms in total. The average molecular weight is 1110 g/mol. The number of carboxylic acid groups (broad SMARTS) is 1. The Labute approximate surface area is 437 Å². The number of aliphatic hydroxyl groups is 2. The number of esters is 2. The lowest BCUT2D eigenvalue weighted by molar-refractivity contribution is -0.374. The number of carbonyl (C=O) groups excluding carboxylic acids is 2. The highest BCUT2D eigenvalue weighted by Crippen LogP contribution is 2.65. The molecule has 20 heteroatoms. The third-order valence-electron chi connectivity index (χ3n) is 23.5. The molecule has 0 aromatic rings. The highest BCUT2D eigenvalue weighted by molar-refractivity contribution is 5.81. The van der Waals surface area contributed by atoms with E-state index in [-0.39, 0.29) is 72.1 Å². The lowest BCUT2D eigenvalue weighted by atomic mass is 9.50. The average Bonchev–Trinajstić information content (AvgIpc) is 4.05. The molecule has 0 spiro atoms. The fraction of sp³-hybridized carbons (Fsp3) is 0.946. The molecule has 12 rings (SSSR count). The second-order valence-electron chi connectivity index (χ2n) is 27.3. The van der Waals surface area contributed by atoms with E-state index in [9.17, 15) is 82.4 Å². The number of alkyl halides is 12. The first kappa shape index (κ1) is 58.2. The van der Waals surface area contributed by atoms with Gasteiger partial charge in [0.15, 0.2) is 0 Å². The van der Waals surface area contributed by atoms with Crippen molar-refractivity contribution in [3.8, 4) is 0 Å². The number of aliphatic carboxylic acids is 1. The van der Waals surface area contributed by atoms with E-state index in [4.69, 9.17) is 9.47 Å². The van der Waals surface area contributed by atoms with Gasteiger partial charge in [-0.1, -0.05) is 27.7 Å². The molecule has 12 aliphatic rings. The van der Waals surface area contributed by atoms with Crippen LogP contribution in [0.3, 0.4) is 0 Å². The fourth-order valence-electron chi connectivity index (χ4n) is 19.4. The van der Waals surface area contributed by atoms with Gasteiger partial charge in [0.2, 0.25) is 0 Å². The summed E-state index contributed by atoms with van der Waals surface area (Å²) < 4.78 is 173. The van der Waals surface area contributed by atoms with Gasteiger partial charge in [-0.05, 0) is 236 Å². The summed E-state index contributed by atoms with van der Waals surface area (Å²) in [5.41, 5.74) is -10.7. The van der Waals surface area contributed by atoms with E-state index >= 15 is 0 Å². The molecule has 12 bridgehead atoms. The molecule has 0 amide bonds. The molecular formula is C56H78F12O8. The van der Waals surface area contributed by atoms with Crippen LogP contribution in [0.5, 0.6) is 0 Å². The molecule has 12 fully saturated rings. The zero-order chi connectivity index (χ0) is 56.0. The summed E-state index contributed by atoms with van der Waals surface area (Å²) in [4.78, 5) is 39.2. The number of carboxylic acids is 1. The van der Waals surface area contributed by atoms with Gasteiger partial charge < -0.3 is 24.8 Å². The molecule has 0 aromatic heterocycles. The van der Waals surface area contributed by atoms with Gasteiger partial charge in [0.25, 0.3) is 11.2 Å². The zero-order valence-corrected chi connectivity index (χ0v) is 44.3. The lowest BCUT2D eigenvalue weighted by Gasteiger charge is -2.59. The third kappa shape index (κ3) is 9.79. The molecule has 76 heavy (non-hydrogen) atoms. The molecule has 13 unspecified atom stereocenters. The number of rotatable bonds is 14. The van der Waals surface area contributed by atoms with Crippen molar-refractivity contribution in [2.45, 2.75) is 204 Å². The normalized spacial score (nSPS) is 43.4. The summed E-state index contributed by atoms with van der Waals surface area (Å²) in [5, 5.41) is 29.6. The lowest BCUT2D eigenvalue weighted by Crippen LogP contribution is -2.59. The molecule has 0 saturated heterocycles. The van der Waals surface area contributed by atoms with E-state index in [1.54, 1.807) is 6.92 Å². The molecule has 3 N–H and O–H groups in total. The van der Waals surface area contributed by atoms with Crippen molar-refractivity contribution in [2.75, 3.05) is 0 Å². The summed E-state index contributed by atoms with van der Waals surface area (Å²) in [6, 6.07) is 0. The van der Waals surface area contributed by atoms with Crippen LogP contribution in [0.4, 0.5) is 52.7 Å². The second-order valence-corrected chi connectivity index (χ2v) is 27.3. The Morgan fingerprint density at radius 1 is 0.526 bits per heavy atom. The SMILES string of the molecule is CC(C(=O)O)C(C(=O)OC1(C)C2CC3CC(C2)CC1C3)C1C(C)C2CC(CC(O)(C(F)(F)F)C(F)(F)F)C1C2.CC(CCC1C(C)C2CC(CC(O)(C(F)(F)F)C(F)(F)F)C1C2)C(=O)OC1(C)C2CC3CC(C2)CC1C3. The van der Waals surface area contributed by atoms with Gasteiger partial charge in [-0.3, -0.25) is 14.4 Å². The standard InChI is InChI=1S/C28H38F6O5.C28H40F6O3/c1-12-16-9-17(11-26(38,27(29,30)31)28(32,33)34)20(10-16)21(12)22(13(2)23(35)36)24(37)39-25(3)18-5-14-4-15(7-18)8-19(25)6-14;1-14(24(35)37-25(3)20-7-16-6-17(9-20)10-21(25)8-16)4-5-22-15(2)18-11-19(23(22)12-18)13-26(36,27(29,30)31)28(32,33)34/h12-22,38H,4-11H2,1-3H3,(H,35,36);14-23,36H,4-13H2,1-3H3. The molecule has 12 aliphatic carbocycles. The summed E-state index contributed by atoms with van der Waals surface area (Å²) in [5.74, 6) is -5.31. The molecular weight excluding hydrogens is 1030 g/mol. The number of ether oxygens (including phenoxy) is 2. The topological polar surface area (TPSA) is 130 Å². The number of carbonyl (C=O) groups is 3. The predicted octanol–water partition coefficient (Wildman–Crippen LogP) is 13.6. The van der Waals surface area contributed by atoms with Gasteiger partial charge >= 0.3 is 42.6 Å². The quantitative estimate of drug-likeness (QED) is 0.116. The Balaban J connectivity index is 0.000000186. The largest absolute Gasteiger partial charge is 0.481 e. The van der Waals surface area contributed by atoms with Crippen LogP contribution in [-0.2, 0) is 23.9 Å². The third-order valence-corrected chi connectivity index (χ3v) is 23.5. The molecule has 13 atom stereocenters. The van der Waals surface area contributed by atoms with Crippen LogP contribution in [-0.4, -0.2) is 80.3 Å². The van der Waals surface area contributed by atoms with Crippen LogP contribution >= 0.6 is 0 Å². The van der Waals surface area contributed by atoms with Crippen molar-refractivity contribution >= 4 is 17.9 Å². The maximum absolute atomic E-state index is 13.9. The van der Waals surface area contributed by atoms with Crippen molar-refractivity contribution in [2.24, 2.45) is 124 Å². The van der Waals surface area contributed by atoms with Gasteiger partial charge in [0.05, 0.1) is 17.8 Å². The smallest absolute Gasteiger partial charge is 0.426 e. The van der Waals surface area contributed by atoms with E-state index in [2.05, 4.69) is 6.92 Å². The Morgan fingerprint density at radius 3 is 1.24 bits per heavy atom. The Kier molecular flexibility index (Phi) is 15.0. The van der Waals surface area contributed by atoms with Gasteiger partial charge in [-0.2, -0.15) is 52.7 Å². The van der Waals surface area contributed by atoms with E-state index < -0.39 is 107 Å². The molecule has 0 heterocycles. The van der Waals surface area contributed by atoms with Gasteiger partial charge in [0, 0.05) is 0 Å². The van der Waals surface area contributed by atoms with Gasteiger partial charge in [-0.25, -0.2) is 0 Å². The minimum Gasteiger partial charge on any atom is -0.481 e. The van der Waals surface area contributed by atoms with Crippen LogP contribution in [0.2, 0.25) is 0 Å². The monoisotopic (exact) mass is 1110 g/mol. The van der Waals surface area contributed by atoms with E-state index in [1.807, 2.05) is 20.8 Å². The summed E-state index contributed by atoms with van der Waals surface area (Å²) >= 11 is 0. The number of fused-ring (bicyclic) bond motifs is 4. The first-order valence-electron chi connectivity index (χ1n) is 28.3. The first-order chi connectivity index (χ1) is 34.9. The van der Waals surface area contributed by atoms with Crippen molar-refractivity contribution < 1.29 is 91.9 Å². The number of hydrogen-bond donors (Lipinski definition) is 3. The Hall–Kier alpha value is -2.51. The minimum atomic E-state index is -5.92. The fourth-order valence-corrected chi connectivity index (χ4v) is 19.4. The second kappa shape index (κ2) is 19.6. The number of hydrogen-bond acceptors (Lipinski definition) is 7. The van der Waals surface area contributed by atoms with E-state index in [0.29, 0.717) is 49.4 Å². The maximum Gasteiger partial charge on any atom is 0.426 e. The van der Waals surface area contributed by atoms with Crippen molar-refractivity contribution in [3.05, 3.63) is 0 Å². The van der Waals surface area contributed by atoms with Crippen molar-refractivity contribution in [1.82, 2.24) is 0 Å². The van der Waals surface area contributed by atoms with Gasteiger partial charge in [-0.15, -0.1) is 0 Å². The first-order valence-corrected chi connectivity index (χ1v) is 28.3. The van der Waals surface area contributed by atoms with Crippen LogP contribution in [0.1, 0.15) is 157 Å². The highest BCUT2D eigenvalue weighted by Gasteiger charge is 2.74. The molecule has 0 aliphatic heterocycles. The molecule has 12 saturated carbocycles. The van der Waals surface area contributed by atoms with Crippen LogP contribution < -0.4 is 0 Å². The predicted molar refractivity (Wildman–Crippen MR) is 250 cm³/mol. The molecule has 0 aromatic carbocycles. The van der Waals surface area contributed by atoms with Crippen molar-refractivity contribution in [3.63, 3.8) is 0 Å². The Morgan fingerprint density at radius 2 is 0.882 bits per heavy atom.